The highest BCUT2D eigenvalue weighted by molar-refractivity contribution is 5.75. The van der Waals surface area contributed by atoms with Gasteiger partial charge in [0.1, 0.15) is 18.7 Å². The van der Waals surface area contributed by atoms with E-state index in [9.17, 15) is 4.79 Å². The summed E-state index contributed by atoms with van der Waals surface area (Å²) in [6.07, 6.45) is 3.61. The molecule has 1 fully saturated rings. The summed E-state index contributed by atoms with van der Waals surface area (Å²) in [5.74, 6) is 1.02. The van der Waals surface area contributed by atoms with E-state index >= 15 is 0 Å². The summed E-state index contributed by atoms with van der Waals surface area (Å²) in [6.45, 7) is 4.88. The number of rotatable bonds is 7. The van der Waals surface area contributed by atoms with Crippen molar-refractivity contribution < 1.29 is 14.3 Å². The maximum Gasteiger partial charge on any atom is 0.325 e. The van der Waals surface area contributed by atoms with Gasteiger partial charge in [0.2, 0.25) is 5.88 Å². The minimum Gasteiger partial charge on any atom is -0.478 e. The second-order valence-electron chi connectivity index (χ2n) is 4.31. The molecule has 6 nitrogen and oxygen atoms in total. The van der Waals surface area contributed by atoms with Crippen LogP contribution in [0, 0.1) is 0 Å². The Morgan fingerprint density at radius 3 is 2.79 bits per heavy atom. The highest BCUT2D eigenvalue weighted by Gasteiger charge is 2.32. The second kappa shape index (κ2) is 6.36. The molecule has 1 aliphatic carbocycles. The predicted molar refractivity (Wildman–Crippen MR) is 70.2 cm³/mol. The minimum absolute atomic E-state index is 0.223. The number of carbonyl (C=O) groups is 1. The predicted octanol–water partition coefficient (Wildman–Crippen LogP) is 1.41. The van der Waals surface area contributed by atoms with Crippen molar-refractivity contribution >= 4 is 11.8 Å². The van der Waals surface area contributed by atoms with Gasteiger partial charge in [0.25, 0.3) is 0 Å². The smallest absolute Gasteiger partial charge is 0.325 e. The maximum absolute atomic E-state index is 11.6. The van der Waals surface area contributed by atoms with Crippen LogP contribution in [0.3, 0.4) is 0 Å². The van der Waals surface area contributed by atoms with Crippen LogP contribution in [0.1, 0.15) is 26.7 Å². The molecule has 0 N–H and O–H groups in total. The van der Waals surface area contributed by atoms with Gasteiger partial charge in [-0.05, 0) is 26.7 Å². The summed E-state index contributed by atoms with van der Waals surface area (Å²) in [6, 6.07) is 2.13. The Labute approximate surface area is 112 Å². The third kappa shape index (κ3) is 3.81. The van der Waals surface area contributed by atoms with Gasteiger partial charge < -0.3 is 14.4 Å². The Morgan fingerprint density at radius 1 is 1.37 bits per heavy atom. The van der Waals surface area contributed by atoms with Gasteiger partial charge >= 0.3 is 5.97 Å². The van der Waals surface area contributed by atoms with Crippen molar-refractivity contribution in [3.05, 3.63) is 12.4 Å². The molecular weight excluding hydrogens is 246 g/mol. The molecule has 0 atom stereocenters. The van der Waals surface area contributed by atoms with Crippen LogP contribution in [0.4, 0.5) is 5.82 Å². The molecule has 1 aromatic heterocycles. The van der Waals surface area contributed by atoms with Crippen molar-refractivity contribution in [2.45, 2.75) is 32.7 Å². The first-order valence-electron chi connectivity index (χ1n) is 6.61. The fraction of sp³-hybridized carbons (Fsp3) is 0.615. The molecule has 0 radical (unpaired) electrons. The number of anilines is 1. The normalized spacial score (nSPS) is 14.0. The van der Waals surface area contributed by atoms with E-state index in [-0.39, 0.29) is 12.5 Å². The Hall–Kier alpha value is -1.85. The third-order valence-corrected chi connectivity index (χ3v) is 2.81. The number of carbonyl (C=O) groups excluding carboxylic acids is 1. The van der Waals surface area contributed by atoms with Crippen LogP contribution in [-0.4, -0.2) is 41.7 Å². The van der Waals surface area contributed by atoms with Crippen LogP contribution >= 0.6 is 0 Å². The quantitative estimate of drug-likeness (QED) is 0.694. The molecular formula is C13H19N3O3. The summed E-state index contributed by atoms with van der Waals surface area (Å²) in [4.78, 5) is 21.8. The van der Waals surface area contributed by atoms with Crippen molar-refractivity contribution in [1.29, 1.82) is 0 Å². The van der Waals surface area contributed by atoms with Crippen LogP contribution in [0.25, 0.3) is 0 Å². The van der Waals surface area contributed by atoms with Crippen LogP contribution in [0.5, 0.6) is 5.88 Å². The number of hydrogen-bond acceptors (Lipinski definition) is 6. The van der Waals surface area contributed by atoms with Gasteiger partial charge in [0, 0.05) is 12.1 Å². The number of hydrogen-bond donors (Lipinski definition) is 0. The van der Waals surface area contributed by atoms with E-state index in [0.29, 0.717) is 31.0 Å². The van der Waals surface area contributed by atoms with E-state index in [1.807, 2.05) is 11.8 Å². The molecule has 1 aromatic rings. The molecule has 1 saturated carbocycles. The Balaban J connectivity index is 2.09. The topological polar surface area (TPSA) is 64.5 Å². The van der Waals surface area contributed by atoms with E-state index in [0.717, 1.165) is 12.8 Å². The average Bonchev–Trinajstić information content (AvgIpc) is 3.21. The lowest BCUT2D eigenvalue weighted by molar-refractivity contribution is -0.141. The largest absolute Gasteiger partial charge is 0.478 e. The third-order valence-electron chi connectivity index (χ3n) is 2.81. The zero-order valence-electron chi connectivity index (χ0n) is 11.3. The monoisotopic (exact) mass is 265 g/mol. The second-order valence-corrected chi connectivity index (χ2v) is 4.31. The molecule has 0 bridgehead atoms. The summed E-state index contributed by atoms with van der Waals surface area (Å²) >= 11 is 0. The first kappa shape index (κ1) is 13.6. The van der Waals surface area contributed by atoms with Crippen molar-refractivity contribution in [1.82, 2.24) is 9.97 Å². The lowest BCUT2D eigenvalue weighted by atomic mass is 10.4. The number of ether oxygens (including phenoxy) is 2. The fourth-order valence-electron chi connectivity index (χ4n) is 1.84. The molecule has 0 unspecified atom stereocenters. The molecule has 0 aromatic carbocycles. The van der Waals surface area contributed by atoms with E-state index < -0.39 is 0 Å². The van der Waals surface area contributed by atoms with E-state index in [2.05, 4.69) is 9.97 Å². The lowest BCUT2D eigenvalue weighted by Gasteiger charge is -2.22. The summed E-state index contributed by atoms with van der Waals surface area (Å²) in [7, 11) is 0. The summed E-state index contributed by atoms with van der Waals surface area (Å²) in [5.41, 5.74) is 0. The highest BCUT2D eigenvalue weighted by Crippen LogP contribution is 2.31. The average molecular weight is 265 g/mol. The van der Waals surface area contributed by atoms with Gasteiger partial charge in [-0.2, -0.15) is 0 Å². The van der Waals surface area contributed by atoms with Crippen molar-refractivity contribution in [2.75, 3.05) is 24.7 Å². The van der Waals surface area contributed by atoms with Crippen LogP contribution in [-0.2, 0) is 9.53 Å². The zero-order chi connectivity index (χ0) is 13.7. The van der Waals surface area contributed by atoms with Gasteiger partial charge in [-0.25, -0.2) is 9.97 Å². The fourth-order valence-corrected chi connectivity index (χ4v) is 1.84. The van der Waals surface area contributed by atoms with E-state index in [4.69, 9.17) is 9.47 Å². The molecule has 6 heteroatoms. The number of nitrogens with zero attached hydrogens (tertiary/aromatic N) is 3. The summed E-state index contributed by atoms with van der Waals surface area (Å²) in [5, 5.41) is 0. The van der Waals surface area contributed by atoms with Crippen molar-refractivity contribution in [2.24, 2.45) is 0 Å². The van der Waals surface area contributed by atoms with Gasteiger partial charge in [-0.3, -0.25) is 4.79 Å². The lowest BCUT2D eigenvalue weighted by Crippen LogP contribution is -2.33. The van der Waals surface area contributed by atoms with Gasteiger partial charge in [-0.15, -0.1) is 0 Å². The minimum atomic E-state index is -0.231. The molecule has 0 spiro atoms. The number of aromatic nitrogens is 2. The molecule has 0 saturated heterocycles. The van der Waals surface area contributed by atoms with Crippen molar-refractivity contribution in [3.8, 4) is 5.88 Å². The molecule has 0 aliphatic heterocycles. The standard InChI is InChI=1S/C13H19N3O3/c1-3-18-12-7-11(14-9-15-12)16(10-5-6-10)8-13(17)19-4-2/h7,9-10H,3-6,8H2,1-2H3. The van der Waals surface area contributed by atoms with Crippen LogP contribution in [0.15, 0.2) is 12.4 Å². The van der Waals surface area contributed by atoms with Crippen LogP contribution < -0.4 is 9.64 Å². The van der Waals surface area contributed by atoms with Crippen molar-refractivity contribution in [3.63, 3.8) is 0 Å². The molecule has 104 valence electrons. The first-order chi connectivity index (χ1) is 9.24. The van der Waals surface area contributed by atoms with Gasteiger partial charge in [0.15, 0.2) is 0 Å². The van der Waals surface area contributed by atoms with Crippen LogP contribution in [0.2, 0.25) is 0 Å². The number of esters is 1. The van der Waals surface area contributed by atoms with E-state index in [1.165, 1.54) is 6.33 Å². The molecule has 0 amide bonds. The molecule has 1 aliphatic rings. The zero-order valence-corrected chi connectivity index (χ0v) is 11.3. The van der Waals surface area contributed by atoms with Gasteiger partial charge in [-0.1, -0.05) is 0 Å². The molecule has 1 heterocycles. The van der Waals surface area contributed by atoms with E-state index in [1.54, 1.807) is 13.0 Å². The summed E-state index contributed by atoms with van der Waals surface area (Å²) < 4.78 is 10.3. The Morgan fingerprint density at radius 2 is 2.16 bits per heavy atom. The van der Waals surface area contributed by atoms with Gasteiger partial charge in [0.05, 0.1) is 13.2 Å². The maximum atomic E-state index is 11.6. The molecule has 2 rings (SSSR count). The highest BCUT2D eigenvalue weighted by atomic mass is 16.5. The Kier molecular flexibility index (Phi) is 4.54. The first-order valence-corrected chi connectivity index (χ1v) is 6.61. The molecule has 19 heavy (non-hydrogen) atoms. The SMILES string of the molecule is CCOC(=O)CN(c1cc(OCC)ncn1)C1CC1. The Bertz CT molecular complexity index is 435.